The molecule has 0 radical (unpaired) electrons. The minimum Gasteiger partial charge on any atom is -0.493 e. The van der Waals surface area contributed by atoms with Crippen LogP contribution in [0, 0.1) is 23.2 Å². The highest BCUT2D eigenvalue weighted by molar-refractivity contribution is 8.26. The second kappa shape index (κ2) is 7.93. The average molecular weight is 458 g/mol. The summed E-state index contributed by atoms with van der Waals surface area (Å²) in [6.07, 6.45) is 8.58. The maximum Gasteiger partial charge on any atom is 0.317 e. The molecule has 0 atom stereocenters. The number of esters is 1. The first-order chi connectivity index (χ1) is 14.9. The molecule has 1 heterocycles. The smallest absolute Gasteiger partial charge is 0.317 e. The predicted octanol–water partition coefficient (Wildman–Crippen LogP) is 5.04. The Balaban J connectivity index is 1.35. The molecule has 1 saturated heterocycles. The minimum atomic E-state index is -0.313. The zero-order valence-corrected chi connectivity index (χ0v) is 19.5. The number of likely N-dealkylation sites (N-methyl/N-ethyl adjacent to an activating group) is 1. The summed E-state index contributed by atoms with van der Waals surface area (Å²) in [5.74, 6) is 2.83. The van der Waals surface area contributed by atoms with E-state index in [0.717, 1.165) is 24.8 Å². The van der Waals surface area contributed by atoms with Gasteiger partial charge in [0.25, 0.3) is 5.91 Å². The van der Waals surface area contributed by atoms with Crippen LogP contribution in [-0.4, -0.2) is 34.8 Å². The fourth-order valence-electron chi connectivity index (χ4n) is 6.35. The molecule has 5 aliphatic rings. The molecule has 4 bridgehead atoms. The van der Waals surface area contributed by atoms with Gasteiger partial charge in [-0.3, -0.25) is 14.5 Å². The molecule has 1 aliphatic heterocycles. The predicted molar refractivity (Wildman–Crippen MR) is 125 cm³/mol. The van der Waals surface area contributed by atoms with Crippen LogP contribution in [0.2, 0.25) is 0 Å². The number of methoxy groups -OCH3 is 1. The van der Waals surface area contributed by atoms with Crippen LogP contribution in [-0.2, 0) is 9.59 Å². The fourth-order valence-corrected chi connectivity index (χ4v) is 7.74. The highest BCUT2D eigenvalue weighted by Gasteiger charge is 2.55. The van der Waals surface area contributed by atoms with Gasteiger partial charge in [-0.2, -0.15) is 0 Å². The number of carbonyl (C=O) groups is 2. The van der Waals surface area contributed by atoms with Crippen LogP contribution >= 0.6 is 24.0 Å². The topological polar surface area (TPSA) is 55.8 Å². The van der Waals surface area contributed by atoms with Crippen LogP contribution in [0.1, 0.15) is 51.0 Å². The van der Waals surface area contributed by atoms with E-state index in [1.807, 2.05) is 19.1 Å². The van der Waals surface area contributed by atoms with Crippen molar-refractivity contribution in [1.29, 1.82) is 0 Å². The van der Waals surface area contributed by atoms with Crippen LogP contribution < -0.4 is 9.47 Å². The van der Waals surface area contributed by atoms with Crippen molar-refractivity contribution < 1.29 is 19.1 Å². The summed E-state index contributed by atoms with van der Waals surface area (Å²) in [5.41, 5.74) is 0.496. The first-order valence-electron chi connectivity index (χ1n) is 11.1. The third-order valence-corrected chi connectivity index (χ3v) is 8.73. The molecule has 7 heteroatoms. The number of benzene rings is 1. The maximum atomic E-state index is 13.3. The number of carbonyl (C=O) groups excluding carboxylic acids is 2. The Morgan fingerprint density at radius 2 is 1.84 bits per heavy atom. The molecule has 1 aromatic rings. The Labute approximate surface area is 192 Å². The molecule has 4 aliphatic carbocycles. The van der Waals surface area contributed by atoms with E-state index in [4.69, 9.17) is 21.7 Å². The summed E-state index contributed by atoms with van der Waals surface area (Å²) >= 11 is 6.58. The third kappa shape index (κ3) is 3.69. The molecule has 4 saturated carbocycles. The van der Waals surface area contributed by atoms with Crippen LogP contribution in [0.3, 0.4) is 0 Å². The Bertz CT molecular complexity index is 951. The van der Waals surface area contributed by atoms with Crippen molar-refractivity contribution >= 4 is 46.3 Å². The molecule has 164 valence electrons. The lowest BCUT2D eigenvalue weighted by atomic mass is 9.49. The van der Waals surface area contributed by atoms with Crippen molar-refractivity contribution in [3.8, 4) is 11.5 Å². The molecule has 0 aromatic heterocycles. The monoisotopic (exact) mass is 457 g/mol. The Morgan fingerprint density at radius 3 is 2.39 bits per heavy atom. The molecular weight excluding hydrogens is 430 g/mol. The number of thiocarbonyl (C=S) groups is 1. The summed E-state index contributed by atoms with van der Waals surface area (Å²) in [4.78, 5) is 27.9. The number of ether oxygens (including phenoxy) is 2. The molecule has 0 N–H and O–H groups in total. The van der Waals surface area contributed by atoms with Gasteiger partial charge in [-0.15, -0.1) is 0 Å². The molecule has 0 spiro atoms. The second-order valence-corrected chi connectivity index (χ2v) is 11.1. The van der Waals surface area contributed by atoms with Crippen molar-refractivity contribution in [2.75, 3.05) is 13.7 Å². The van der Waals surface area contributed by atoms with Gasteiger partial charge in [0.2, 0.25) is 0 Å². The molecular formula is C24H27NO4S2. The first kappa shape index (κ1) is 21.0. The fraction of sp³-hybridized carbons (Fsp3) is 0.542. The summed E-state index contributed by atoms with van der Waals surface area (Å²) in [7, 11) is 1.57. The van der Waals surface area contributed by atoms with E-state index < -0.39 is 0 Å². The van der Waals surface area contributed by atoms with Crippen molar-refractivity contribution in [3.05, 3.63) is 28.7 Å². The standard InChI is InChI=1S/C24H27NO4S2/c1-3-25-21(26)20(31-23(25)30)10-14-4-5-18(19(9-14)28-2)29-22(27)24-11-15-6-16(12-24)8-17(7-15)13-24/h4-5,9-10,15-17H,3,6-8,11-13H2,1-2H3/b20-10-. The SMILES string of the molecule is CCN1C(=O)/C(=C/c2ccc(OC(=O)C34CC5CC(CC(C5)C3)C4)c(OC)c2)SC1=S. The highest BCUT2D eigenvalue weighted by Crippen LogP contribution is 2.60. The van der Waals surface area contributed by atoms with Crippen molar-refractivity contribution in [2.45, 2.75) is 45.4 Å². The lowest BCUT2D eigenvalue weighted by Gasteiger charge is -2.55. The molecule has 0 unspecified atom stereocenters. The van der Waals surface area contributed by atoms with Gasteiger partial charge in [0.05, 0.1) is 17.4 Å². The molecule has 1 aromatic carbocycles. The summed E-state index contributed by atoms with van der Waals surface area (Å²) in [6.45, 7) is 2.47. The van der Waals surface area contributed by atoms with Gasteiger partial charge in [0.1, 0.15) is 4.32 Å². The van der Waals surface area contributed by atoms with Crippen molar-refractivity contribution in [3.63, 3.8) is 0 Å². The largest absolute Gasteiger partial charge is 0.493 e. The normalized spacial score (nSPS) is 32.8. The van der Waals surface area contributed by atoms with E-state index in [1.165, 1.54) is 31.0 Å². The van der Waals surface area contributed by atoms with Crippen LogP contribution in [0.4, 0.5) is 0 Å². The van der Waals surface area contributed by atoms with E-state index in [0.29, 0.717) is 45.0 Å². The van der Waals surface area contributed by atoms with Gasteiger partial charge in [0.15, 0.2) is 11.5 Å². The van der Waals surface area contributed by atoms with Gasteiger partial charge < -0.3 is 9.47 Å². The Kier molecular flexibility index (Phi) is 5.37. The van der Waals surface area contributed by atoms with E-state index in [1.54, 1.807) is 24.1 Å². The number of rotatable bonds is 5. The maximum absolute atomic E-state index is 13.3. The average Bonchev–Trinajstić information content (AvgIpc) is 3.00. The van der Waals surface area contributed by atoms with E-state index in [-0.39, 0.29) is 17.3 Å². The number of hydrogen-bond acceptors (Lipinski definition) is 6. The van der Waals surface area contributed by atoms with E-state index >= 15 is 0 Å². The molecule has 6 rings (SSSR count). The number of hydrogen-bond donors (Lipinski definition) is 0. The van der Waals surface area contributed by atoms with E-state index in [2.05, 4.69) is 0 Å². The highest BCUT2D eigenvalue weighted by atomic mass is 32.2. The molecule has 5 fully saturated rings. The number of amides is 1. The van der Waals surface area contributed by atoms with Gasteiger partial charge >= 0.3 is 5.97 Å². The zero-order chi connectivity index (χ0) is 21.8. The van der Waals surface area contributed by atoms with Crippen LogP contribution in [0.15, 0.2) is 23.1 Å². The summed E-state index contributed by atoms with van der Waals surface area (Å²) < 4.78 is 12.0. The van der Waals surface area contributed by atoms with Gasteiger partial charge in [-0.25, -0.2) is 0 Å². The minimum absolute atomic E-state index is 0.0752. The summed E-state index contributed by atoms with van der Waals surface area (Å²) in [6, 6.07) is 5.42. The second-order valence-electron chi connectivity index (χ2n) is 9.42. The van der Waals surface area contributed by atoms with Gasteiger partial charge in [0, 0.05) is 6.54 Å². The van der Waals surface area contributed by atoms with Crippen LogP contribution in [0.5, 0.6) is 11.5 Å². The summed E-state index contributed by atoms with van der Waals surface area (Å²) in [5, 5.41) is 0. The lowest BCUT2D eigenvalue weighted by Crippen LogP contribution is -2.51. The van der Waals surface area contributed by atoms with Gasteiger partial charge in [-0.1, -0.05) is 30.0 Å². The van der Waals surface area contributed by atoms with Crippen molar-refractivity contribution in [1.82, 2.24) is 4.90 Å². The molecule has 31 heavy (non-hydrogen) atoms. The third-order valence-electron chi connectivity index (χ3n) is 7.35. The quantitative estimate of drug-likeness (QED) is 0.267. The molecule has 1 amide bonds. The Morgan fingerprint density at radius 1 is 1.19 bits per heavy atom. The lowest BCUT2D eigenvalue weighted by molar-refractivity contribution is -0.161. The molecule has 5 nitrogen and oxygen atoms in total. The first-order valence-corrected chi connectivity index (χ1v) is 12.3. The zero-order valence-electron chi connectivity index (χ0n) is 17.9. The number of nitrogens with zero attached hydrogens (tertiary/aromatic N) is 1. The van der Waals surface area contributed by atoms with E-state index in [9.17, 15) is 9.59 Å². The number of thioether (sulfide) groups is 1. The van der Waals surface area contributed by atoms with Crippen LogP contribution in [0.25, 0.3) is 6.08 Å². The van der Waals surface area contributed by atoms with Crippen molar-refractivity contribution in [2.24, 2.45) is 23.2 Å². The Hall–Kier alpha value is -1.86. The van der Waals surface area contributed by atoms with Gasteiger partial charge in [-0.05, 0) is 87.0 Å².